The minimum atomic E-state index is -4.63. The van der Waals surface area contributed by atoms with Crippen LogP contribution in [0.3, 0.4) is 0 Å². The Hall–Kier alpha value is -2.52. The SMILES string of the molecule is Cc1cc(N)nc(C(C)(C)CNc2ccc(C(F)(F)F)c(C(C)C)n2)c1C(F)(F)F. The second-order valence-electron chi connectivity index (χ2n) is 8.10. The van der Waals surface area contributed by atoms with E-state index in [1.54, 1.807) is 27.7 Å². The van der Waals surface area contributed by atoms with Crippen LogP contribution in [0.2, 0.25) is 0 Å². The number of nitrogens with zero attached hydrogens (tertiary/aromatic N) is 2. The van der Waals surface area contributed by atoms with Gasteiger partial charge < -0.3 is 11.1 Å². The molecule has 166 valence electrons. The van der Waals surface area contributed by atoms with Crippen molar-refractivity contribution in [2.75, 3.05) is 17.6 Å². The molecule has 2 aromatic rings. The molecule has 0 spiro atoms. The van der Waals surface area contributed by atoms with Crippen LogP contribution in [0.15, 0.2) is 18.2 Å². The van der Waals surface area contributed by atoms with Crippen molar-refractivity contribution in [1.29, 1.82) is 0 Å². The van der Waals surface area contributed by atoms with Gasteiger partial charge in [0.1, 0.15) is 11.6 Å². The van der Waals surface area contributed by atoms with Crippen LogP contribution in [0.25, 0.3) is 0 Å². The van der Waals surface area contributed by atoms with Gasteiger partial charge in [0.2, 0.25) is 0 Å². The quantitative estimate of drug-likeness (QED) is 0.574. The van der Waals surface area contributed by atoms with Gasteiger partial charge in [-0.3, -0.25) is 0 Å². The van der Waals surface area contributed by atoms with E-state index in [9.17, 15) is 26.3 Å². The van der Waals surface area contributed by atoms with Crippen LogP contribution in [-0.4, -0.2) is 16.5 Å². The molecule has 0 aliphatic heterocycles. The number of halogens is 6. The Kier molecular flexibility index (Phi) is 6.30. The molecular weight excluding hydrogens is 410 g/mol. The first kappa shape index (κ1) is 23.8. The lowest BCUT2D eigenvalue weighted by molar-refractivity contribution is -0.140. The zero-order valence-corrected chi connectivity index (χ0v) is 17.3. The van der Waals surface area contributed by atoms with E-state index < -0.39 is 34.8 Å². The van der Waals surface area contributed by atoms with E-state index in [1.165, 1.54) is 6.92 Å². The Morgan fingerprint density at radius 3 is 2.10 bits per heavy atom. The smallest absolute Gasteiger partial charge is 0.384 e. The van der Waals surface area contributed by atoms with Crippen molar-refractivity contribution in [3.05, 3.63) is 46.3 Å². The van der Waals surface area contributed by atoms with Crippen LogP contribution >= 0.6 is 0 Å². The first-order valence-electron chi connectivity index (χ1n) is 9.21. The lowest BCUT2D eigenvalue weighted by Crippen LogP contribution is -2.33. The van der Waals surface area contributed by atoms with Crippen LogP contribution in [0, 0.1) is 6.92 Å². The fourth-order valence-corrected chi connectivity index (χ4v) is 3.19. The second-order valence-corrected chi connectivity index (χ2v) is 8.10. The Bertz CT molecular complexity index is 917. The molecule has 0 aliphatic rings. The van der Waals surface area contributed by atoms with Gasteiger partial charge in [-0.05, 0) is 36.6 Å². The first-order valence-corrected chi connectivity index (χ1v) is 9.21. The summed E-state index contributed by atoms with van der Waals surface area (Å²) in [7, 11) is 0. The summed E-state index contributed by atoms with van der Waals surface area (Å²) in [6.45, 7) is 7.51. The highest BCUT2D eigenvalue weighted by molar-refractivity contribution is 5.46. The highest BCUT2D eigenvalue weighted by Gasteiger charge is 2.41. The van der Waals surface area contributed by atoms with Crippen LogP contribution < -0.4 is 11.1 Å². The van der Waals surface area contributed by atoms with E-state index in [0.717, 1.165) is 18.2 Å². The number of rotatable bonds is 5. The Morgan fingerprint density at radius 1 is 1.00 bits per heavy atom. The maximum absolute atomic E-state index is 13.6. The molecule has 0 bridgehead atoms. The Balaban J connectivity index is 2.40. The number of nitrogens with one attached hydrogen (secondary N) is 1. The summed E-state index contributed by atoms with van der Waals surface area (Å²) in [6.07, 6.45) is -9.18. The van der Waals surface area contributed by atoms with Gasteiger partial charge in [0.25, 0.3) is 0 Å². The average Bonchev–Trinajstić information content (AvgIpc) is 2.57. The number of aryl methyl sites for hydroxylation is 1. The number of nitrogens with two attached hydrogens (primary N) is 1. The molecule has 30 heavy (non-hydrogen) atoms. The third-order valence-electron chi connectivity index (χ3n) is 4.65. The summed E-state index contributed by atoms with van der Waals surface area (Å²) in [6, 6.07) is 3.23. The first-order chi connectivity index (χ1) is 13.5. The summed E-state index contributed by atoms with van der Waals surface area (Å²) in [5.74, 6) is -0.404. The van der Waals surface area contributed by atoms with Crippen molar-refractivity contribution in [2.24, 2.45) is 0 Å². The lowest BCUT2D eigenvalue weighted by Gasteiger charge is -2.29. The molecule has 2 heterocycles. The van der Waals surface area contributed by atoms with Crippen molar-refractivity contribution in [1.82, 2.24) is 9.97 Å². The van der Waals surface area contributed by atoms with E-state index in [0.29, 0.717) is 0 Å². The minimum Gasteiger partial charge on any atom is -0.384 e. The van der Waals surface area contributed by atoms with E-state index in [-0.39, 0.29) is 35.1 Å². The zero-order chi connectivity index (χ0) is 23.1. The topological polar surface area (TPSA) is 63.8 Å². The highest BCUT2D eigenvalue weighted by atomic mass is 19.4. The molecule has 10 heteroatoms. The zero-order valence-electron chi connectivity index (χ0n) is 17.3. The highest BCUT2D eigenvalue weighted by Crippen LogP contribution is 2.40. The van der Waals surface area contributed by atoms with Gasteiger partial charge in [0.05, 0.1) is 22.5 Å². The lowest BCUT2D eigenvalue weighted by atomic mass is 9.84. The summed E-state index contributed by atoms with van der Waals surface area (Å²) in [5, 5.41) is 2.85. The normalized spacial score (nSPS) is 13.1. The molecule has 3 N–H and O–H groups in total. The van der Waals surface area contributed by atoms with Gasteiger partial charge in [-0.1, -0.05) is 27.7 Å². The molecule has 0 atom stereocenters. The molecule has 2 aromatic heterocycles. The maximum atomic E-state index is 13.6. The van der Waals surface area contributed by atoms with Crippen LogP contribution in [0.1, 0.15) is 61.7 Å². The molecule has 0 aromatic carbocycles. The molecule has 0 fully saturated rings. The van der Waals surface area contributed by atoms with Crippen molar-refractivity contribution in [3.8, 4) is 0 Å². The molecule has 0 radical (unpaired) electrons. The van der Waals surface area contributed by atoms with E-state index in [2.05, 4.69) is 15.3 Å². The molecule has 2 rings (SSSR count). The average molecular weight is 434 g/mol. The number of alkyl halides is 6. The monoisotopic (exact) mass is 434 g/mol. The van der Waals surface area contributed by atoms with Gasteiger partial charge in [-0.25, -0.2) is 9.97 Å². The van der Waals surface area contributed by atoms with Gasteiger partial charge >= 0.3 is 12.4 Å². The third kappa shape index (κ3) is 5.14. The standard InChI is InChI=1S/C20H24F6N4/c1-10(2)16-12(19(21,22)23)6-7-14(30-16)28-9-18(4,5)17-15(20(24,25)26)11(3)8-13(27)29-17/h6-8,10H,9H2,1-5H3,(H2,27,29)(H,28,30). The van der Waals surface area contributed by atoms with Crippen molar-refractivity contribution in [2.45, 2.75) is 58.3 Å². The number of pyridine rings is 2. The molecule has 4 nitrogen and oxygen atoms in total. The third-order valence-corrected chi connectivity index (χ3v) is 4.65. The predicted octanol–water partition coefficient (Wildman–Crippen LogP) is 5.92. The molecule has 0 unspecified atom stereocenters. The number of nitrogen functional groups attached to an aromatic ring is 1. The summed E-state index contributed by atoms with van der Waals surface area (Å²) < 4.78 is 80.4. The Labute approximate surface area is 170 Å². The van der Waals surface area contributed by atoms with E-state index in [1.807, 2.05) is 0 Å². The van der Waals surface area contributed by atoms with Crippen LogP contribution in [0.5, 0.6) is 0 Å². The number of hydrogen-bond acceptors (Lipinski definition) is 4. The molecule has 0 amide bonds. The fraction of sp³-hybridized carbons (Fsp3) is 0.500. The number of aromatic nitrogens is 2. The van der Waals surface area contributed by atoms with Gasteiger partial charge in [-0.2, -0.15) is 26.3 Å². The largest absolute Gasteiger partial charge is 0.418 e. The van der Waals surface area contributed by atoms with Crippen molar-refractivity contribution < 1.29 is 26.3 Å². The number of hydrogen-bond donors (Lipinski definition) is 2. The molecule has 0 aliphatic carbocycles. The van der Waals surface area contributed by atoms with E-state index in [4.69, 9.17) is 5.73 Å². The maximum Gasteiger partial charge on any atom is 0.418 e. The van der Waals surface area contributed by atoms with Crippen molar-refractivity contribution in [3.63, 3.8) is 0 Å². The number of anilines is 2. The molecule has 0 saturated carbocycles. The van der Waals surface area contributed by atoms with Crippen LogP contribution in [0.4, 0.5) is 38.0 Å². The van der Waals surface area contributed by atoms with Gasteiger partial charge in [0, 0.05) is 12.0 Å². The summed E-state index contributed by atoms with van der Waals surface area (Å²) >= 11 is 0. The second kappa shape index (κ2) is 7.96. The van der Waals surface area contributed by atoms with Gasteiger partial charge in [-0.15, -0.1) is 0 Å². The Morgan fingerprint density at radius 2 is 1.60 bits per heavy atom. The van der Waals surface area contributed by atoms with E-state index >= 15 is 0 Å². The summed E-state index contributed by atoms with van der Waals surface area (Å²) in [4.78, 5) is 7.97. The predicted molar refractivity (Wildman–Crippen MR) is 103 cm³/mol. The minimum absolute atomic E-state index is 0.0432. The van der Waals surface area contributed by atoms with Crippen molar-refractivity contribution >= 4 is 11.6 Å². The van der Waals surface area contributed by atoms with Crippen LogP contribution in [-0.2, 0) is 17.8 Å². The molecule has 0 saturated heterocycles. The fourth-order valence-electron chi connectivity index (χ4n) is 3.19. The molecular formula is C20H24F6N4. The summed E-state index contributed by atoms with van der Waals surface area (Å²) in [5.41, 5.74) is 2.39. The van der Waals surface area contributed by atoms with Gasteiger partial charge in [0.15, 0.2) is 0 Å².